The summed E-state index contributed by atoms with van der Waals surface area (Å²) in [5, 5.41) is 5.97. The molecular weight excluding hydrogens is 348 g/mol. The predicted octanol–water partition coefficient (Wildman–Crippen LogP) is 3.88. The molecular formula is C20H18N2O5. The second-order valence-corrected chi connectivity index (χ2v) is 5.98. The lowest BCUT2D eigenvalue weighted by atomic mass is 10.0. The van der Waals surface area contributed by atoms with Crippen LogP contribution >= 0.6 is 0 Å². The van der Waals surface area contributed by atoms with Crippen LogP contribution in [0, 0.1) is 0 Å². The van der Waals surface area contributed by atoms with Crippen LogP contribution in [0.3, 0.4) is 0 Å². The van der Waals surface area contributed by atoms with Crippen LogP contribution in [0.25, 0.3) is 0 Å². The van der Waals surface area contributed by atoms with Gasteiger partial charge < -0.3 is 18.3 Å². The van der Waals surface area contributed by atoms with E-state index in [1.165, 1.54) is 11.3 Å². The zero-order valence-electron chi connectivity index (χ0n) is 14.9. The second-order valence-electron chi connectivity index (χ2n) is 5.98. The summed E-state index contributed by atoms with van der Waals surface area (Å²) >= 11 is 0. The van der Waals surface area contributed by atoms with Crippen molar-refractivity contribution in [2.24, 2.45) is 5.10 Å². The summed E-state index contributed by atoms with van der Waals surface area (Å²) in [4.78, 5) is 12.9. The highest BCUT2D eigenvalue weighted by Gasteiger charge is 2.37. The lowest BCUT2D eigenvalue weighted by Crippen LogP contribution is -2.26. The summed E-state index contributed by atoms with van der Waals surface area (Å²) in [5.41, 5.74) is 1.51. The number of ether oxygens (including phenoxy) is 2. The first-order valence-corrected chi connectivity index (χ1v) is 8.41. The molecule has 0 spiro atoms. The molecule has 1 aliphatic heterocycles. The fourth-order valence-corrected chi connectivity index (χ4v) is 3.11. The molecule has 0 radical (unpaired) electrons. The maximum absolute atomic E-state index is 12.9. The molecule has 27 heavy (non-hydrogen) atoms. The topological polar surface area (TPSA) is 77.4 Å². The Morgan fingerprint density at radius 2 is 1.93 bits per heavy atom. The van der Waals surface area contributed by atoms with Crippen molar-refractivity contribution in [1.82, 2.24) is 5.01 Å². The van der Waals surface area contributed by atoms with E-state index in [1.807, 2.05) is 18.2 Å². The molecule has 0 N–H and O–H groups in total. The van der Waals surface area contributed by atoms with Crippen molar-refractivity contribution in [3.63, 3.8) is 0 Å². The number of hydrazone groups is 1. The molecule has 1 aromatic carbocycles. The highest BCUT2D eigenvalue weighted by molar-refractivity contribution is 6.06. The Bertz CT molecular complexity index is 960. The van der Waals surface area contributed by atoms with Crippen LogP contribution in [0.15, 0.2) is 68.9 Å². The number of hydrogen-bond donors (Lipinski definition) is 0. The number of hydrogen-bond acceptors (Lipinski definition) is 6. The summed E-state index contributed by atoms with van der Waals surface area (Å²) in [6, 6.07) is 12.0. The zero-order chi connectivity index (χ0) is 18.8. The molecule has 3 heterocycles. The van der Waals surface area contributed by atoms with Crippen molar-refractivity contribution in [3.05, 3.63) is 72.1 Å². The van der Waals surface area contributed by atoms with Gasteiger partial charge in [0.1, 0.15) is 23.3 Å². The molecule has 0 saturated carbocycles. The van der Waals surface area contributed by atoms with E-state index in [-0.39, 0.29) is 17.7 Å². The number of methoxy groups -OCH3 is 2. The number of amides is 1. The second kappa shape index (κ2) is 7.03. The van der Waals surface area contributed by atoms with Gasteiger partial charge in [-0.15, -0.1) is 0 Å². The fourth-order valence-electron chi connectivity index (χ4n) is 3.11. The average molecular weight is 366 g/mol. The molecule has 3 aromatic rings. The van der Waals surface area contributed by atoms with Gasteiger partial charge in [-0.1, -0.05) is 0 Å². The highest BCUT2D eigenvalue weighted by Crippen LogP contribution is 2.37. The van der Waals surface area contributed by atoms with Crippen molar-refractivity contribution >= 4 is 11.6 Å². The Balaban J connectivity index is 1.74. The van der Waals surface area contributed by atoms with Gasteiger partial charge in [-0.05, 0) is 36.4 Å². The average Bonchev–Trinajstić information content (AvgIpc) is 3.47. The molecule has 0 unspecified atom stereocenters. The van der Waals surface area contributed by atoms with Crippen molar-refractivity contribution in [1.29, 1.82) is 0 Å². The van der Waals surface area contributed by atoms with Gasteiger partial charge in [0, 0.05) is 18.1 Å². The lowest BCUT2D eigenvalue weighted by molar-refractivity contribution is 0.0660. The van der Waals surface area contributed by atoms with E-state index in [0.717, 1.165) is 11.3 Å². The maximum atomic E-state index is 12.9. The summed E-state index contributed by atoms with van der Waals surface area (Å²) in [5.74, 6) is 1.85. The van der Waals surface area contributed by atoms with E-state index in [0.29, 0.717) is 23.7 Å². The third kappa shape index (κ3) is 3.08. The Hall–Kier alpha value is -3.48. The molecule has 0 saturated heterocycles. The van der Waals surface area contributed by atoms with Gasteiger partial charge in [0.15, 0.2) is 5.76 Å². The van der Waals surface area contributed by atoms with Crippen molar-refractivity contribution in [3.8, 4) is 11.5 Å². The predicted molar refractivity (Wildman–Crippen MR) is 97.0 cm³/mol. The Morgan fingerprint density at radius 3 is 2.59 bits per heavy atom. The molecule has 0 bridgehead atoms. The van der Waals surface area contributed by atoms with Crippen LogP contribution in [0.2, 0.25) is 0 Å². The van der Waals surface area contributed by atoms with Gasteiger partial charge in [0.25, 0.3) is 0 Å². The first-order chi connectivity index (χ1) is 13.2. The van der Waals surface area contributed by atoms with E-state index in [9.17, 15) is 4.79 Å². The fraction of sp³-hybridized carbons (Fsp3) is 0.200. The van der Waals surface area contributed by atoms with Crippen molar-refractivity contribution in [2.75, 3.05) is 14.2 Å². The van der Waals surface area contributed by atoms with Gasteiger partial charge >= 0.3 is 5.91 Å². The number of carbonyl (C=O) groups is 1. The summed E-state index contributed by atoms with van der Waals surface area (Å²) in [7, 11) is 3.18. The zero-order valence-corrected chi connectivity index (χ0v) is 14.9. The molecule has 138 valence electrons. The van der Waals surface area contributed by atoms with Crippen LogP contribution in [-0.2, 0) is 0 Å². The molecule has 0 fully saturated rings. The maximum Gasteiger partial charge on any atom is 0.310 e. The van der Waals surface area contributed by atoms with Gasteiger partial charge in [-0.25, -0.2) is 5.01 Å². The van der Waals surface area contributed by atoms with Crippen molar-refractivity contribution in [2.45, 2.75) is 12.5 Å². The van der Waals surface area contributed by atoms with Gasteiger partial charge in [0.05, 0.1) is 32.5 Å². The standard InChI is InChI=1S/C20H18N2O5/c1-24-13-7-8-14(19(11-13)25-2)15-12-16(17-5-3-9-26-17)22(21-15)20(23)18-6-4-10-27-18/h3-11,16H,12H2,1-2H3/t16-/m1/s1. The lowest BCUT2D eigenvalue weighted by Gasteiger charge is -2.18. The Morgan fingerprint density at radius 1 is 1.11 bits per heavy atom. The molecule has 1 aliphatic rings. The van der Waals surface area contributed by atoms with E-state index in [4.69, 9.17) is 18.3 Å². The molecule has 7 nitrogen and oxygen atoms in total. The number of carbonyl (C=O) groups excluding carboxylic acids is 1. The monoisotopic (exact) mass is 366 g/mol. The SMILES string of the molecule is COc1ccc(C2=NN(C(=O)c3ccco3)[C@@H](c3ccco3)C2)c(OC)c1. The number of furan rings is 2. The Labute approximate surface area is 155 Å². The van der Waals surface area contributed by atoms with Crippen LogP contribution in [0.5, 0.6) is 11.5 Å². The van der Waals surface area contributed by atoms with Crippen LogP contribution < -0.4 is 9.47 Å². The highest BCUT2D eigenvalue weighted by atomic mass is 16.5. The smallest absolute Gasteiger partial charge is 0.310 e. The molecule has 1 atom stereocenters. The molecule has 2 aromatic heterocycles. The van der Waals surface area contributed by atoms with E-state index >= 15 is 0 Å². The molecule has 7 heteroatoms. The number of rotatable bonds is 5. The minimum absolute atomic E-state index is 0.221. The third-order valence-electron chi connectivity index (χ3n) is 4.44. The summed E-state index contributed by atoms with van der Waals surface area (Å²) in [6.45, 7) is 0. The van der Waals surface area contributed by atoms with Crippen LogP contribution in [0.1, 0.15) is 34.3 Å². The normalized spacial score (nSPS) is 16.3. The summed E-state index contributed by atoms with van der Waals surface area (Å²) < 4.78 is 21.5. The minimum atomic E-state index is -0.362. The molecule has 1 amide bonds. The first-order valence-electron chi connectivity index (χ1n) is 8.41. The quantitative estimate of drug-likeness (QED) is 0.685. The largest absolute Gasteiger partial charge is 0.497 e. The van der Waals surface area contributed by atoms with Crippen LogP contribution in [0.4, 0.5) is 0 Å². The summed E-state index contributed by atoms with van der Waals surface area (Å²) in [6.07, 6.45) is 3.53. The van der Waals surface area contributed by atoms with Crippen LogP contribution in [-0.4, -0.2) is 30.8 Å². The number of benzene rings is 1. The number of nitrogens with zero attached hydrogens (tertiary/aromatic N) is 2. The first kappa shape index (κ1) is 17.0. The van der Waals surface area contributed by atoms with Crippen molar-refractivity contribution < 1.29 is 23.1 Å². The molecule has 4 rings (SSSR count). The third-order valence-corrected chi connectivity index (χ3v) is 4.44. The van der Waals surface area contributed by atoms with E-state index in [2.05, 4.69) is 5.10 Å². The van der Waals surface area contributed by atoms with Gasteiger partial charge in [-0.2, -0.15) is 5.10 Å². The van der Waals surface area contributed by atoms with E-state index < -0.39 is 0 Å². The van der Waals surface area contributed by atoms with Gasteiger partial charge in [0.2, 0.25) is 0 Å². The van der Waals surface area contributed by atoms with E-state index in [1.54, 1.807) is 44.7 Å². The van der Waals surface area contributed by atoms with Gasteiger partial charge in [-0.3, -0.25) is 4.79 Å². The molecule has 0 aliphatic carbocycles. The Kier molecular flexibility index (Phi) is 4.42. The minimum Gasteiger partial charge on any atom is -0.497 e.